The molecule has 0 aliphatic carbocycles. The maximum atomic E-state index is 13.0. The Balaban J connectivity index is 1.54. The van der Waals surface area contributed by atoms with E-state index in [-0.39, 0.29) is 12.0 Å². The molecule has 26 heavy (non-hydrogen) atoms. The highest BCUT2D eigenvalue weighted by atomic mass is 16.5. The van der Waals surface area contributed by atoms with E-state index in [0.29, 0.717) is 55.1 Å². The van der Waals surface area contributed by atoms with E-state index < -0.39 is 6.10 Å². The van der Waals surface area contributed by atoms with Gasteiger partial charge in [0, 0.05) is 18.5 Å². The van der Waals surface area contributed by atoms with Crippen LogP contribution in [0, 0.1) is 6.92 Å². The van der Waals surface area contributed by atoms with Crippen molar-refractivity contribution in [1.29, 1.82) is 0 Å². The van der Waals surface area contributed by atoms with Gasteiger partial charge in [0.05, 0.1) is 25.9 Å². The first-order valence-electron chi connectivity index (χ1n) is 8.75. The van der Waals surface area contributed by atoms with E-state index in [1.165, 1.54) is 0 Å². The molecule has 1 saturated heterocycles. The van der Waals surface area contributed by atoms with Gasteiger partial charge < -0.3 is 23.6 Å². The Morgan fingerprint density at radius 2 is 2.00 bits per heavy atom. The summed E-state index contributed by atoms with van der Waals surface area (Å²) >= 11 is 0. The summed E-state index contributed by atoms with van der Waals surface area (Å²) in [5, 5.41) is 3.80. The fourth-order valence-corrected chi connectivity index (χ4v) is 3.18. The molecule has 1 fully saturated rings. The van der Waals surface area contributed by atoms with Crippen LogP contribution in [-0.2, 0) is 4.74 Å². The van der Waals surface area contributed by atoms with Crippen LogP contribution in [0.1, 0.15) is 41.5 Å². The van der Waals surface area contributed by atoms with E-state index in [4.69, 9.17) is 18.7 Å². The minimum atomic E-state index is -0.427. The lowest BCUT2D eigenvalue weighted by atomic mass is 10.1. The fraction of sp³-hybridized carbons (Fsp3) is 0.500. The molecule has 0 bridgehead atoms. The Bertz CT molecular complexity index is 806. The highest BCUT2D eigenvalue weighted by molar-refractivity contribution is 5.95. The normalized spacial score (nSPS) is 22.8. The molecule has 4 rings (SSSR count). The van der Waals surface area contributed by atoms with Crippen molar-refractivity contribution in [2.45, 2.75) is 32.5 Å². The maximum absolute atomic E-state index is 13.0. The van der Waals surface area contributed by atoms with Crippen LogP contribution in [0.15, 0.2) is 22.7 Å². The van der Waals surface area contributed by atoms with Gasteiger partial charge in [-0.05, 0) is 32.0 Å². The summed E-state index contributed by atoms with van der Waals surface area (Å²) in [6, 6.07) is 5.30. The standard InChI is InChI=1S/C18H21N3O5/c1-11-9-21(10-16(25-11)17-19-12(2)20-26-17)18(22)13-4-5-14-15(8-13)24-7-3-6-23-14/h4-5,8,11,16H,3,6-7,9-10H2,1-2H3/t11-,16-/m1/s1. The van der Waals surface area contributed by atoms with Crippen LogP contribution in [0.2, 0.25) is 0 Å². The second-order valence-electron chi connectivity index (χ2n) is 6.54. The number of hydrogen-bond acceptors (Lipinski definition) is 7. The zero-order valence-electron chi connectivity index (χ0n) is 14.8. The van der Waals surface area contributed by atoms with Crippen LogP contribution in [0.3, 0.4) is 0 Å². The molecule has 2 aliphatic heterocycles. The van der Waals surface area contributed by atoms with Gasteiger partial charge in [-0.15, -0.1) is 0 Å². The molecule has 1 amide bonds. The molecule has 8 nitrogen and oxygen atoms in total. The van der Waals surface area contributed by atoms with E-state index in [9.17, 15) is 4.79 Å². The number of fused-ring (bicyclic) bond motifs is 1. The molecule has 0 spiro atoms. The molecule has 0 saturated carbocycles. The number of ether oxygens (including phenoxy) is 3. The van der Waals surface area contributed by atoms with Crippen LogP contribution in [0.5, 0.6) is 11.5 Å². The average Bonchev–Trinajstić information content (AvgIpc) is 2.94. The summed E-state index contributed by atoms with van der Waals surface area (Å²) in [7, 11) is 0. The number of carbonyl (C=O) groups excluding carboxylic acids is 1. The minimum absolute atomic E-state index is 0.0861. The van der Waals surface area contributed by atoms with E-state index in [2.05, 4.69) is 10.1 Å². The van der Waals surface area contributed by atoms with Gasteiger partial charge in [-0.2, -0.15) is 4.98 Å². The zero-order valence-corrected chi connectivity index (χ0v) is 14.8. The fourth-order valence-electron chi connectivity index (χ4n) is 3.18. The summed E-state index contributed by atoms with van der Waals surface area (Å²) in [6.45, 7) is 5.73. The van der Waals surface area contributed by atoms with E-state index in [0.717, 1.165) is 6.42 Å². The van der Waals surface area contributed by atoms with Gasteiger partial charge in [-0.1, -0.05) is 5.16 Å². The van der Waals surface area contributed by atoms with Gasteiger partial charge in [-0.3, -0.25) is 4.79 Å². The summed E-state index contributed by atoms with van der Waals surface area (Å²) in [4.78, 5) is 19.0. The Morgan fingerprint density at radius 1 is 1.19 bits per heavy atom. The largest absolute Gasteiger partial charge is 0.490 e. The second kappa shape index (κ2) is 6.95. The summed E-state index contributed by atoms with van der Waals surface area (Å²) in [5.74, 6) is 2.14. The number of hydrogen-bond donors (Lipinski definition) is 0. The van der Waals surface area contributed by atoms with Crippen molar-refractivity contribution in [3.63, 3.8) is 0 Å². The van der Waals surface area contributed by atoms with Crippen LogP contribution in [0.4, 0.5) is 0 Å². The summed E-state index contributed by atoms with van der Waals surface area (Å²) in [5.41, 5.74) is 0.559. The third-order valence-electron chi connectivity index (χ3n) is 4.36. The molecule has 8 heteroatoms. The first-order chi connectivity index (χ1) is 12.6. The van der Waals surface area contributed by atoms with E-state index in [1.54, 1.807) is 30.0 Å². The molecule has 138 valence electrons. The van der Waals surface area contributed by atoms with Crippen LogP contribution < -0.4 is 9.47 Å². The number of aryl methyl sites for hydroxylation is 1. The molecule has 3 heterocycles. The third kappa shape index (κ3) is 3.37. The van der Waals surface area contributed by atoms with Gasteiger partial charge in [-0.25, -0.2) is 0 Å². The molecule has 0 unspecified atom stereocenters. The van der Waals surface area contributed by atoms with E-state index >= 15 is 0 Å². The summed E-state index contributed by atoms with van der Waals surface area (Å²) < 4.78 is 22.4. The monoisotopic (exact) mass is 359 g/mol. The third-order valence-corrected chi connectivity index (χ3v) is 4.36. The van der Waals surface area contributed by atoms with Gasteiger partial charge in [0.25, 0.3) is 11.8 Å². The Kier molecular flexibility index (Phi) is 4.50. The van der Waals surface area contributed by atoms with Crippen molar-refractivity contribution in [3.8, 4) is 11.5 Å². The molecule has 0 radical (unpaired) electrons. The molecule has 2 aromatic rings. The number of morpholine rings is 1. The number of nitrogens with zero attached hydrogens (tertiary/aromatic N) is 3. The van der Waals surface area contributed by atoms with Gasteiger partial charge in [0.2, 0.25) is 0 Å². The van der Waals surface area contributed by atoms with Crippen molar-refractivity contribution >= 4 is 5.91 Å². The van der Waals surface area contributed by atoms with Gasteiger partial charge in [0.1, 0.15) is 0 Å². The molecular formula is C18H21N3O5. The Hall–Kier alpha value is -2.61. The average molecular weight is 359 g/mol. The number of rotatable bonds is 2. The van der Waals surface area contributed by atoms with Crippen LogP contribution in [-0.4, -0.2) is 53.4 Å². The molecular weight excluding hydrogens is 338 g/mol. The molecule has 2 atom stereocenters. The van der Waals surface area contributed by atoms with Crippen LogP contribution in [0.25, 0.3) is 0 Å². The zero-order chi connectivity index (χ0) is 18.1. The van der Waals surface area contributed by atoms with Gasteiger partial charge in [0.15, 0.2) is 23.4 Å². The highest BCUT2D eigenvalue weighted by Gasteiger charge is 2.33. The van der Waals surface area contributed by atoms with E-state index in [1.807, 2.05) is 6.92 Å². The minimum Gasteiger partial charge on any atom is -0.490 e. The van der Waals surface area contributed by atoms with Crippen molar-refractivity contribution < 1.29 is 23.5 Å². The summed E-state index contributed by atoms with van der Waals surface area (Å²) in [6.07, 6.45) is 0.263. The Labute approximate surface area is 151 Å². The Morgan fingerprint density at radius 3 is 2.77 bits per heavy atom. The quantitative estimate of drug-likeness (QED) is 0.812. The molecule has 2 aliphatic rings. The molecule has 1 aromatic heterocycles. The lowest BCUT2D eigenvalue weighted by molar-refractivity contribution is -0.0810. The van der Waals surface area contributed by atoms with Crippen molar-refractivity contribution in [3.05, 3.63) is 35.5 Å². The van der Waals surface area contributed by atoms with Gasteiger partial charge >= 0.3 is 0 Å². The van der Waals surface area contributed by atoms with Crippen LogP contribution >= 0.6 is 0 Å². The lowest BCUT2D eigenvalue weighted by Crippen LogP contribution is -2.46. The maximum Gasteiger partial charge on any atom is 0.257 e. The number of amides is 1. The second-order valence-corrected chi connectivity index (χ2v) is 6.54. The predicted octanol–water partition coefficient (Wildman–Crippen LogP) is 2.14. The first kappa shape index (κ1) is 16.8. The molecule has 1 aromatic carbocycles. The topological polar surface area (TPSA) is 86.9 Å². The van der Waals surface area contributed by atoms with Crippen molar-refractivity contribution in [2.24, 2.45) is 0 Å². The number of benzene rings is 1. The molecule has 0 N–H and O–H groups in total. The SMILES string of the molecule is Cc1noc([C@H]2CN(C(=O)c3ccc4c(c3)OCCCO4)C[C@@H](C)O2)n1. The van der Waals surface area contributed by atoms with Crippen molar-refractivity contribution in [1.82, 2.24) is 15.0 Å². The first-order valence-corrected chi connectivity index (χ1v) is 8.75. The predicted molar refractivity (Wildman–Crippen MR) is 90.3 cm³/mol. The highest BCUT2D eigenvalue weighted by Crippen LogP contribution is 2.32. The number of carbonyl (C=O) groups is 1. The van der Waals surface area contributed by atoms with Crippen molar-refractivity contribution in [2.75, 3.05) is 26.3 Å². The lowest BCUT2D eigenvalue weighted by Gasteiger charge is -2.35. The number of aromatic nitrogens is 2. The smallest absolute Gasteiger partial charge is 0.257 e.